The largest absolute Gasteiger partial charge is 0.338 e. The fraction of sp³-hybridized carbons (Fsp3) is 0.250. The number of benzene rings is 1. The summed E-state index contributed by atoms with van der Waals surface area (Å²) in [6.45, 7) is 8.99. The van der Waals surface area contributed by atoms with Crippen molar-refractivity contribution in [3.8, 4) is 11.3 Å². The summed E-state index contributed by atoms with van der Waals surface area (Å²) < 4.78 is 2.17. The van der Waals surface area contributed by atoms with Gasteiger partial charge in [0.25, 0.3) is 5.91 Å². The van der Waals surface area contributed by atoms with Crippen molar-refractivity contribution in [1.82, 2.24) is 24.3 Å². The molecule has 1 aliphatic heterocycles. The summed E-state index contributed by atoms with van der Waals surface area (Å²) in [5.41, 5.74) is 5.07. The molecule has 5 rings (SSSR count). The van der Waals surface area contributed by atoms with Gasteiger partial charge in [0.05, 0.1) is 16.9 Å². The molecule has 3 aromatic heterocycles. The molecule has 36 heavy (non-hydrogen) atoms. The maximum absolute atomic E-state index is 12.7. The Hall–Kier alpha value is -4.33. The molecule has 2 amide bonds. The van der Waals surface area contributed by atoms with Crippen molar-refractivity contribution >= 4 is 23.1 Å². The first-order valence-corrected chi connectivity index (χ1v) is 12.0. The van der Waals surface area contributed by atoms with Gasteiger partial charge in [-0.1, -0.05) is 24.8 Å². The van der Waals surface area contributed by atoms with Crippen LogP contribution in [0, 0.1) is 13.8 Å². The molecule has 1 unspecified atom stereocenters. The number of hydrogen-bond acceptors (Lipinski definition) is 5. The second-order valence-electron chi connectivity index (χ2n) is 9.06. The van der Waals surface area contributed by atoms with Gasteiger partial charge in [0, 0.05) is 48.2 Å². The van der Waals surface area contributed by atoms with Crippen LogP contribution < -0.4 is 5.32 Å². The van der Waals surface area contributed by atoms with Gasteiger partial charge >= 0.3 is 0 Å². The highest BCUT2D eigenvalue weighted by molar-refractivity contribution is 6.04. The predicted octanol–water partition coefficient (Wildman–Crippen LogP) is 4.55. The summed E-state index contributed by atoms with van der Waals surface area (Å²) in [6.07, 6.45) is 6.74. The van der Waals surface area contributed by atoms with E-state index in [1.54, 1.807) is 30.5 Å². The number of likely N-dealkylation sites (tertiary alicyclic amines) is 1. The van der Waals surface area contributed by atoms with E-state index in [1.807, 2.05) is 43.1 Å². The Balaban J connectivity index is 1.51. The fourth-order valence-electron chi connectivity index (χ4n) is 4.83. The molecule has 8 heteroatoms. The first-order chi connectivity index (χ1) is 17.5. The lowest BCUT2D eigenvalue weighted by atomic mass is 9.97. The summed E-state index contributed by atoms with van der Waals surface area (Å²) in [4.78, 5) is 40.7. The Morgan fingerprint density at radius 2 is 1.92 bits per heavy atom. The van der Waals surface area contributed by atoms with E-state index in [1.165, 1.54) is 6.08 Å². The van der Waals surface area contributed by atoms with E-state index in [0.29, 0.717) is 17.9 Å². The Morgan fingerprint density at radius 3 is 2.64 bits per heavy atom. The maximum atomic E-state index is 12.7. The van der Waals surface area contributed by atoms with Crippen molar-refractivity contribution in [3.05, 3.63) is 90.3 Å². The lowest BCUT2D eigenvalue weighted by Gasteiger charge is -2.31. The van der Waals surface area contributed by atoms with Gasteiger partial charge in [0.2, 0.25) is 5.91 Å². The molecule has 1 atom stereocenters. The number of pyridine rings is 1. The van der Waals surface area contributed by atoms with Crippen LogP contribution in [-0.4, -0.2) is 49.2 Å². The molecule has 1 aliphatic rings. The minimum atomic E-state index is -0.224. The normalized spacial score (nSPS) is 15.6. The highest BCUT2D eigenvalue weighted by Gasteiger charge is 2.29. The molecule has 0 bridgehead atoms. The maximum Gasteiger partial charge on any atom is 0.256 e. The molecule has 0 radical (unpaired) electrons. The van der Waals surface area contributed by atoms with Gasteiger partial charge in [-0.2, -0.15) is 0 Å². The van der Waals surface area contributed by atoms with Crippen molar-refractivity contribution in [1.29, 1.82) is 0 Å². The second-order valence-corrected chi connectivity index (χ2v) is 9.06. The zero-order valence-corrected chi connectivity index (χ0v) is 20.4. The monoisotopic (exact) mass is 480 g/mol. The molecule has 4 aromatic rings. The molecule has 4 heterocycles. The number of carbonyl (C=O) groups excluding carboxylic acids is 2. The number of aromatic nitrogens is 4. The standard InChI is InChI=1S/C28H28N6O2/c1-4-24(35)33-15-7-8-22(17-33)27-32-25(26-19(3)30-16-18(2)34(26)27)20-10-12-21(13-11-20)28(36)31-23-9-5-6-14-29-23/h4-6,9-14,16,22H,1,7-8,15,17H2,2-3H3,(H,29,31,36). The molecule has 8 nitrogen and oxygen atoms in total. The second kappa shape index (κ2) is 9.73. The Morgan fingerprint density at radius 1 is 1.11 bits per heavy atom. The average Bonchev–Trinajstić information content (AvgIpc) is 3.33. The van der Waals surface area contributed by atoms with Crippen molar-refractivity contribution < 1.29 is 9.59 Å². The van der Waals surface area contributed by atoms with E-state index in [2.05, 4.69) is 26.3 Å². The van der Waals surface area contributed by atoms with Crippen LogP contribution in [0.25, 0.3) is 16.8 Å². The first kappa shape index (κ1) is 23.4. The van der Waals surface area contributed by atoms with Crippen LogP contribution in [0.2, 0.25) is 0 Å². The Labute approximate surface area is 209 Å². The molecule has 1 aromatic carbocycles. The van der Waals surface area contributed by atoms with Gasteiger partial charge in [-0.05, 0) is 57.0 Å². The molecule has 0 saturated carbocycles. The third kappa shape index (κ3) is 4.37. The molecule has 182 valence electrons. The number of piperidine rings is 1. The van der Waals surface area contributed by atoms with Crippen molar-refractivity contribution in [2.75, 3.05) is 18.4 Å². The minimum absolute atomic E-state index is 0.0464. The SMILES string of the molecule is C=CC(=O)N1CCCC(c2nc(-c3ccc(C(=O)Nc4ccccn4)cc3)c3c(C)ncc(C)n23)C1. The molecule has 0 spiro atoms. The lowest BCUT2D eigenvalue weighted by Crippen LogP contribution is -2.38. The first-order valence-electron chi connectivity index (χ1n) is 12.0. The quantitative estimate of drug-likeness (QED) is 0.423. The number of imidazole rings is 1. The summed E-state index contributed by atoms with van der Waals surface area (Å²) >= 11 is 0. The Kier molecular flexibility index (Phi) is 6.33. The molecule has 0 aliphatic carbocycles. The van der Waals surface area contributed by atoms with E-state index >= 15 is 0 Å². The van der Waals surface area contributed by atoms with Crippen LogP contribution >= 0.6 is 0 Å². The highest BCUT2D eigenvalue weighted by atomic mass is 16.2. The average molecular weight is 481 g/mol. The van der Waals surface area contributed by atoms with E-state index < -0.39 is 0 Å². The van der Waals surface area contributed by atoms with Crippen LogP contribution in [0.15, 0.2) is 67.5 Å². The van der Waals surface area contributed by atoms with E-state index in [9.17, 15) is 9.59 Å². The van der Waals surface area contributed by atoms with Gasteiger partial charge in [-0.25, -0.2) is 9.97 Å². The summed E-state index contributed by atoms with van der Waals surface area (Å²) in [7, 11) is 0. The topological polar surface area (TPSA) is 92.5 Å². The van der Waals surface area contributed by atoms with Gasteiger partial charge in [-0.15, -0.1) is 0 Å². The predicted molar refractivity (Wildman–Crippen MR) is 139 cm³/mol. The van der Waals surface area contributed by atoms with Gasteiger partial charge in [0.1, 0.15) is 11.6 Å². The van der Waals surface area contributed by atoms with Crippen LogP contribution in [-0.2, 0) is 4.79 Å². The van der Waals surface area contributed by atoms with Crippen molar-refractivity contribution in [2.45, 2.75) is 32.6 Å². The van der Waals surface area contributed by atoms with Crippen LogP contribution in [0.4, 0.5) is 5.82 Å². The van der Waals surface area contributed by atoms with Gasteiger partial charge < -0.3 is 10.2 Å². The third-order valence-electron chi connectivity index (χ3n) is 6.64. The van der Waals surface area contributed by atoms with Gasteiger partial charge in [0.15, 0.2) is 0 Å². The van der Waals surface area contributed by atoms with Crippen LogP contribution in [0.3, 0.4) is 0 Å². The number of nitrogens with zero attached hydrogens (tertiary/aromatic N) is 5. The number of fused-ring (bicyclic) bond motifs is 1. The number of amides is 2. The number of rotatable bonds is 5. The molecular formula is C28H28N6O2. The van der Waals surface area contributed by atoms with Crippen LogP contribution in [0.1, 0.15) is 46.3 Å². The summed E-state index contributed by atoms with van der Waals surface area (Å²) in [5.74, 6) is 1.27. The van der Waals surface area contributed by atoms with Crippen molar-refractivity contribution in [3.63, 3.8) is 0 Å². The number of hydrogen-bond donors (Lipinski definition) is 1. The number of nitrogens with one attached hydrogen (secondary N) is 1. The van der Waals surface area contributed by atoms with E-state index in [4.69, 9.17) is 4.98 Å². The summed E-state index contributed by atoms with van der Waals surface area (Å²) in [6, 6.07) is 12.8. The van der Waals surface area contributed by atoms with Crippen molar-refractivity contribution in [2.24, 2.45) is 0 Å². The molecule has 1 fully saturated rings. The lowest BCUT2D eigenvalue weighted by molar-refractivity contribution is -0.127. The third-order valence-corrected chi connectivity index (χ3v) is 6.64. The number of anilines is 1. The van der Waals surface area contributed by atoms with E-state index in [0.717, 1.165) is 53.4 Å². The highest BCUT2D eigenvalue weighted by Crippen LogP contribution is 2.34. The van der Waals surface area contributed by atoms with E-state index in [-0.39, 0.29) is 17.7 Å². The zero-order chi connectivity index (χ0) is 25.2. The number of aryl methyl sites for hydroxylation is 2. The van der Waals surface area contributed by atoms with Crippen LogP contribution in [0.5, 0.6) is 0 Å². The minimum Gasteiger partial charge on any atom is -0.338 e. The zero-order valence-electron chi connectivity index (χ0n) is 20.4. The molecule has 1 saturated heterocycles. The Bertz CT molecular complexity index is 1440. The fourth-order valence-corrected chi connectivity index (χ4v) is 4.83. The smallest absolute Gasteiger partial charge is 0.256 e. The van der Waals surface area contributed by atoms with Gasteiger partial charge in [-0.3, -0.25) is 19.0 Å². The summed E-state index contributed by atoms with van der Waals surface area (Å²) in [5, 5.41) is 2.81. The number of carbonyl (C=O) groups is 2. The molecular weight excluding hydrogens is 452 g/mol. The molecule has 1 N–H and O–H groups in total.